The number of hydrogen-bond acceptors (Lipinski definition) is 4. The lowest BCUT2D eigenvalue weighted by Crippen LogP contribution is -2.46. The molecule has 8 heteroatoms. The lowest BCUT2D eigenvalue weighted by Gasteiger charge is -2.18. The highest BCUT2D eigenvalue weighted by Crippen LogP contribution is 2.12. The van der Waals surface area contributed by atoms with Gasteiger partial charge < -0.3 is 4.90 Å². The van der Waals surface area contributed by atoms with E-state index in [1.165, 1.54) is 17.0 Å². The second-order valence-electron chi connectivity index (χ2n) is 8.00. The Morgan fingerprint density at radius 2 is 1.56 bits per heavy atom. The van der Waals surface area contributed by atoms with E-state index in [0.717, 1.165) is 20.9 Å². The maximum atomic E-state index is 14.3. The Bertz CT molecular complexity index is 1450. The third kappa shape index (κ3) is 4.71. The van der Waals surface area contributed by atoms with Crippen molar-refractivity contribution in [2.75, 3.05) is 7.05 Å². The molecule has 0 aliphatic heterocycles. The summed E-state index contributed by atoms with van der Waals surface area (Å²) >= 11 is 0. The Hall–Kier alpha value is -4.33. The molecule has 34 heavy (non-hydrogen) atoms. The van der Waals surface area contributed by atoms with E-state index in [4.69, 9.17) is 0 Å². The summed E-state index contributed by atoms with van der Waals surface area (Å²) in [5.74, 6) is -1.17. The first-order valence-corrected chi connectivity index (χ1v) is 10.7. The van der Waals surface area contributed by atoms with Crippen LogP contribution >= 0.6 is 0 Å². The second-order valence-corrected chi connectivity index (χ2v) is 8.00. The number of benzene rings is 3. The van der Waals surface area contributed by atoms with Gasteiger partial charge in [0.25, 0.3) is 11.5 Å². The quantitative estimate of drug-likeness (QED) is 0.445. The summed E-state index contributed by atoms with van der Waals surface area (Å²) in [5, 5.41) is 4.09. The number of carbonyl (C=O) groups excluding carboxylic acids is 1. The second kappa shape index (κ2) is 9.66. The minimum atomic E-state index is -0.803. The van der Waals surface area contributed by atoms with E-state index >= 15 is 0 Å². The number of nitrogens with zero attached hydrogens (tertiary/aromatic N) is 4. The van der Waals surface area contributed by atoms with Gasteiger partial charge in [-0.15, -0.1) is 0 Å². The molecular weight excluding hydrogens is 435 g/mol. The fraction of sp³-hybridized carbons (Fsp3) is 0.154. The molecule has 0 N–H and O–H groups in total. The number of halogens is 1. The van der Waals surface area contributed by atoms with Crippen LogP contribution in [0.4, 0.5) is 4.39 Å². The lowest BCUT2D eigenvalue weighted by molar-refractivity contribution is 0.0773. The molecule has 172 valence electrons. The highest BCUT2D eigenvalue weighted by atomic mass is 19.1. The Balaban J connectivity index is 1.84. The fourth-order valence-corrected chi connectivity index (χ4v) is 3.55. The van der Waals surface area contributed by atoms with E-state index in [9.17, 15) is 18.8 Å². The van der Waals surface area contributed by atoms with Crippen LogP contribution in [0.15, 0.2) is 88.5 Å². The first-order valence-electron chi connectivity index (χ1n) is 10.7. The molecule has 3 aromatic carbocycles. The van der Waals surface area contributed by atoms with Gasteiger partial charge in [-0.05, 0) is 29.7 Å². The van der Waals surface area contributed by atoms with Gasteiger partial charge in [0, 0.05) is 19.7 Å². The monoisotopic (exact) mass is 458 g/mol. The van der Waals surface area contributed by atoms with Crippen LogP contribution < -0.4 is 11.2 Å². The molecule has 0 fully saturated rings. The Morgan fingerprint density at radius 1 is 0.941 bits per heavy atom. The van der Waals surface area contributed by atoms with E-state index in [1.807, 2.05) is 36.4 Å². The molecule has 0 aliphatic rings. The van der Waals surface area contributed by atoms with Crippen molar-refractivity contribution in [2.45, 2.75) is 20.0 Å². The van der Waals surface area contributed by atoms with Crippen molar-refractivity contribution in [3.8, 4) is 5.69 Å². The zero-order valence-corrected chi connectivity index (χ0v) is 18.8. The molecule has 0 atom stereocenters. The van der Waals surface area contributed by atoms with Crippen molar-refractivity contribution in [2.24, 2.45) is 0 Å². The first kappa shape index (κ1) is 22.8. The topological polar surface area (TPSA) is 77.2 Å². The average Bonchev–Trinajstić information content (AvgIpc) is 2.84. The van der Waals surface area contributed by atoms with Crippen molar-refractivity contribution in [1.29, 1.82) is 0 Å². The van der Waals surface area contributed by atoms with Crippen LogP contribution in [0.2, 0.25) is 0 Å². The zero-order chi connectivity index (χ0) is 24.2. The average molecular weight is 458 g/mol. The maximum absolute atomic E-state index is 14.3. The highest BCUT2D eigenvalue weighted by molar-refractivity contribution is 5.91. The van der Waals surface area contributed by atoms with Crippen LogP contribution in [-0.4, -0.2) is 32.2 Å². The van der Waals surface area contributed by atoms with Crippen molar-refractivity contribution in [3.63, 3.8) is 0 Å². The van der Waals surface area contributed by atoms with Crippen LogP contribution in [-0.2, 0) is 13.1 Å². The van der Waals surface area contributed by atoms with Crippen LogP contribution in [0, 0.1) is 12.7 Å². The molecule has 4 aromatic rings. The van der Waals surface area contributed by atoms with E-state index in [2.05, 4.69) is 5.10 Å². The predicted molar refractivity (Wildman–Crippen MR) is 127 cm³/mol. The molecule has 0 unspecified atom stereocenters. The van der Waals surface area contributed by atoms with Gasteiger partial charge in [0.2, 0.25) is 5.69 Å². The fourth-order valence-electron chi connectivity index (χ4n) is 3.55. The molecule has 0 saturated heterocycles. The minimum Gasteiger partial charge on any atom is -0.336 e. The minimum absolute atomic E-state index is 0.0575. The summed E-state index contributed by atoms with van der Waals surface area (Å²) in [6.45, 7) is 1.79. The molecule has 0 radical (unpaired) electrons. The van der Waals surface area contributed by atoms with Crippen LogP contribution in [0.1, 0.15) is 27.2 Å². The van der Waals surface area contributed by atoms with Crippen LogP contribution in [0.3, 0.4) is 0 Å². The van der Waals surface area contributed by atoms with E-state index in [0.29, 0.717) is 11.1 Å². The molecule has 0 saturated carbocycles. The summed E-state index contributed by atoms with van der Waals surface area (Å²) in [4.78, 5) is 41.1. The third-order valence-electron chi connectivity index (χ3n) is 5.46. The summed E-state index contributed by atoms with van der Waals surface area (Å²) < 4.78 is 16.1. The molecular formula is C26H23FN4O3. The molecule has 0 spiro atoms. The van der Waals surface area contributed by atoms with Gasteiger partial charge in [0.15, 0.2) is 0 Å². The van der Waals surface area contributed by atoms with Crippen molar-refractivity contribution in [3.05, 3.63) is 128 Å². The van der Waals surface area contributed by atoms with Gasteiger partial charge in [-0.1, -0.05) is 66.7 Å². The summed E-state index contributed by atoms with van der Waals surface area (Å²) in [6.07, 6.45) is 0. The van der Waals surface area contributed by atoms with Gasteiger partial charge in [-0.2, -0.15) is 9.78 Å². The highest BCUT2D eigenvalue weighted by Gasteiger charge is 2.23. The predicted octanol–water partition coefficient (Wildman–Crippen LogP) is 3.16. The normalized spacial score (nSPS) is 10.8. The van der Waals surface area contributed by atoms with Gasteiger partial charge in [-0.3, -0.25) is 14.2 Å². The molecule has 0 aliphatic carbocycles. The number of carbonyl (C=O) groups is 1. The smallest absolute Gasteiger partial charge is 0.336 e. The van der Waals surface area contributed by atoms with Gasteiger partial charge in [-0.25, -0.2) is 9.18 Å². The first-order chi connectivity index (χ1) is 16.3. The SMILES string of the molecule is Cc1ccc(-n2nc(C(=O)N(C)Cc3ccccc3)c(=O)n(Cc3ccccc3)c2=O)cc1F. The molecule has 1 amide bonds. The number of hydrogen-bond donors (Lipinski definition) is 0. The number of aromatic nitrogens is 3. The van der Waals surface area contributed by atoms with E-state index in [1.54, 1.807) is 38.2 Å². The summed E-state index contributed by atoms with van der Waals surface area (Å²) in [7, 11) is 1.55. The number of rotatable bonds is 6. The molecule has 4 rings (SSSR count). The lowest BCUT2D eigenvalue weighted by atomic mass is 10.2. The Kier molecular flexibility index (Phi) is 6.49. The van der Waals surface area contributed by atoms with Crippen molar-refractivity contribution < 1.29 is 9.18 Å². The Morgan fingerprint density at radius 3 is 2.18 bits per heavy atom. The zero-order valence-electron chi connectivity index (χ0n) is 18.8. The van der Waals surface area contributed by atoms with E-state index in [-0.39, 0.29) is 18.8 Å². The summed E-state index contributed by atoms with van der Waals surface area (Å²) in [5.41, 5.74) is 0.0994. The molecule has 1 aromatic heterocycles. The summed E-state index contributed by atoms with van der Waals surface area (Å²) in [6, 6.07) is 22.4. The molecule has 0 bridgehead atoms. The van der Waals surface area contributed by atoms with Crippen molar-refractivity contribution >= 4 is 5.91 Å². The van der Waals surface area contributed by atoms with E-state index < -0.39 is 28.7 Å². The molecule has 7 nitrogen and oxygen atoms in total. The Labute approximate surface area is 195 Å². The van der Waals surface area contributed by atoms with Gasteiger partial charge in [0.05, 0.1) is 12.2 Å². The maximum Gasteiger partial charge on any atom is 0.352 e. The van der Waals surface area contributed by atoms with Gasteiger partial charge >= 0.3 is 5.69 Å². The van der Waals surface area contributed by atoms with Crippen LogP contribution in [0.5, 0.6) is 0 Å². The van der Waals surface area contributed by atoms with Crippen LogP contribution in [0.25, 0.3) is 5.69 Å². The largest absolute Gasteiger partial charge is 0.352 e. The molecule has 1 heterocycles. The third-order valence-corrected chi connectivity index (χ3v) is 5.46. The van der Waals surface area contributed by atoms with Gasteiger partial charge in [0.1, 0.15) is 5.82 Å². The standard InChI is InChI=1S/C26H23FN4O3/c1-18-13-14-21(15-22(18)27)31-26(34)30(17-20-11-7-4-8-12-20)25(33)23(28-31)24(32)29(2)16-19-9-5-3-6-10-19/h3-15H,16-17H2,1-2H3. The number of aryl methyl sites for hydroxylation is 1. The van der Waals surface area contributed by atoms with Crippen molar-refractivity contribution in [1.82, 2.24) is 19.2 Å². The number of amides is 1.